The van der Waals surface area contributed by atoms with Gasteiger partial charge in [-0.05, 0) is 30.0 Å². The highest BCUT2D eigenvalue weighted by molar-refractivity contribution is 5.89. The molecule has 0 bridgehead atoms. The van der Waals surface area contributed by atoms with Crippen molar-refractivity contribution in [1.29, 1.82) is 0 Å². The molecule has 4 heteroatoms. The Balaban J connectivity index is 1.66. The van der Waals surface area contributed by atoms with Crippen LogP contribution in [0.2, 0.25) is 0 Å². The Morgan fingerprint density at radius 3 is 2.78 bits per heavy atom. The van der Waals surface area contributed by atoms with Crippen LogP contribution in [0.15, 0.2) is 67.0 Å². The minimum Gasteiger partial charge on any atom is -0.480 e. The van der Waals surface area contributed by atoms with Crippen LogP contribution in [0.25, 0.3) is 10.8 Å². The molecule has 1 atom stereocenters. The first-order chi connectivity index (χ1) is 11.2. The van der Waals surface area contributed by atoms with Crippen molar-refractivity contribution >= 4 is 16.7 Å². The first-order valence-corrected chi connectivity index (χ1v) is 7.55. The summed E-state index contributed by atoms with van der Waals surface area (Å²) in [6.07, 6.45) is 2.87. The minimum absolute atomic E-state index is 0.151. The number of pyridine rings is 1. The average molecular weight is 306 g/mol. The molecule has 0 aliphatic carbocycles. The fourth-order valence-electron chi connectivity index (χ4n) is 2.38. The molecule has 2 aromatic carbocycles. The summed E-state index contributed by atoms with van der Waals surface area (Å²) in [4.78, 5) is 16.2. The van der Waals surface area contributed by atoms with Gasteiger partial charge in [-0.25, -0.2) is 0 Å². The molecular formula is C19H18N2O2. The number of benzene rings is 2. The van der Waals surface area contributed by atoms with Crippen LogP contribution in [0.4, 0.5) is 0 Å². The molecule has 1 N–H and O–H groups in total. The summed E-state index contributed by atoms with van der Waals surface area (Å²) >= 11 is 0. The number of amides is 1. The maximum Gasteiger partial charge on any atom is 0.261 e. The van der Waals surface area contributed by atoms with E-state index in [2.05, 4.69) is 10.3 Å². The Morgan fingerprint density at radius 1 is 1.13 bits per heavy atom. The Labute approximate surface area is 135 Å². The SMILES string of the molecule is C[C@@H](Oc1cccc2ccccc12)C(=O)NCc1cccnc1. The van der Waals surface area contributed by atoms with Gasteiger partial charge in [0, 0.05) is 24.3 Å². The molecule has 1 amide bonds. The van der Waals surface area contributed by atoms with Crippen LogP contribution in [0.5, 0.6) is 5.75 Å². The van der Waals surface area contributed by atoms with Crippen molar-refractivity contribution in [2.75, 3.05) is 0 Å². The van der Waals surface area contributed by atoms with Gasteiger partial charge in [0.2, 0.25) is 0 Å². The average Bonchev–Trinajstić information content (AvgIpc) is 2.61. The Hall–Kier alpha value is -2.88. The molecule has 0 aliphatic rings. The fourth-order valence-corrected chi connectivity index (χ4v) is 2.38. The van der Waals surface area contributed by atoms with Crippen molar-refractivity contribution in [3.63, 3.8) is 0 Å². The second kappa shape index (κ2) is 6.92. The molecule has 116 valence electrons. The largest absolute Gasteiger partial charge is 0.480 e. The molecule has 0 saturated heterocycles. The molecule has 0 radical (unpaired) electrons. The van der Waals surface area contributed by atoms with E-state index in [0.717, 1.165) is 16.3 Å². The number of hydrogen-bond donors (Lipinski definition) is 1. The monoisotopic (exact) mass is 306 g/mol. The number of hydrogen-bond acceptors (Lipinski definition) is 3. The maximum absolute atomic E-state index is 12.2. The molecular weight excluding hydrogens is 288 g/mol. The number of aromatic nitrogens is 1. The molecule has 0 saturated carbocycles. The van der Waals surface area contributed by atoms with Crippen LogP contribution in [0, 0.1) is 0 Å². The van der Waals surface area contributed by atoms with Gasteiger partial charge in [-0.1, -0.05) is 42.5 Å². The molecule has 3 aromatic rings. The minimum atomic E-state index is -0.572. The Kier molecular flexibility index (Phi) is 4.52. The summed E-state index contributed by atoms with van der Waals surface area (Å²) < 4.78 is 5.85. The number of nitrogens with zero attached hydrogens (tertiary/aromatic N) is 1. The van der Waals surface area contributed by atoms with Crippen LogP contribution in [0.1, 0.15) is 12.5 Å². The van der Waals surface area contributed by atoms with Crippen molar-refractivity contribution < 1.29 is 9.53 Å². The van der Waals surface area contributed by atoms with Crippen molar-refractivity contribution in [2.45, 2.75) is 19.6 Å². The number of carbonyl (C=O) groups excluding carboxylic acids is 1. The van der Waals surface area contributed by atoms with Gasteiger partial charge in [-0.2, -0.15) is 0 Å². The number of carbonyl (C=O) groups is 1. The summed E-state index contributed by atoms with van der Waals surface area (Å²) in [7, 11) is 0. The number of ether oxygens (including phenoxy) is 1. The molecule has 4 nitrogen and oxygen atoms in total. The van der Waals surface area contributed by atoms with E-state index < -0.39 is 6.10 Å². The third kappa shape index (κ3) is 3.66. The predicted octanol–water partition coefficient (Wildman–Crippen LogP) is 3.32. The van der Waals surface area contributed by atoms with E-state index in [1.54, 1.807) is 19.3 Å². The molecule has 1 heterocycles. The van der Waals surface area contributed by atoms with Gasteiger partial charge in [0.15, 0.2) is 6.10 Å². The lowest BCUT2D eigenvalue weighted by Crippen LogP contribution is -2.35. The quantitative estimate of drug-likeness (QED) is 0.786. The lowest BCUT2D eigenvalue weighted by atomic mass is 10.1. The molecule has 23 heavy (non-hydrogen) atoms. The van der Waals surface area contributed by atoms with Gasteiger partial charge < -0.3 is 10.1 Å². The smallest absolute Gasteiger partial charge is 0.261 e. The fraction of sp³-hybridized carbons (Fsp3) is 0.158. The lowest BCUT2D eigenvalue weighted by Gasteiger charge is -2.16. The van der Waals surface area contributed by atoms with E-state index in [9.17, 15) is 4.79 Å². The number of nitrogens with one attached hydrogen (secondary N) is 1. The first-order valence-electron chi connectivity index (χ1n) is 7.55. The number of rotatable bonds is 5. The second-order valence-corrected chi connectivity index (χ2v) is 5.32. The van der Waals surface area contributed by atoms with Gasteiger partial charge in [-0.3, -0.25) is 9.78 Å². The van der Waals surface area contributed by atoms with Crippen molar-refractivity contribution in [2.24, 2.45) is 0 Å². The van der Waals surface area contributed by atoms with E-state index in [0.29, 0.717) is 12.3 Å². The standard InChI is InChI=1S/C19H18N2O2/c1-14(19(22)21-13-15-6-5-11-20-12-15)23-18-10-4-8-16-7-2-3-9-17(16)18/h2-12,14H,13H2,1H3,(H,21,22)/t14-/m1/s1. The topological polar surface area (TPSA) is 51.2 Å². The highest BCUT2D eigenvalue weighted by Crippen LogP contribution is 2.26. The summed E-state index contributed by atoms with van der Waals surface area (Å²) in [5.74, 6) is 0.564. The molecule has 0 aliphatic heterocycles. The second-order valence-electron chi connectivity index (χ2n) is 5.32. The van der Waals surface area contributed by atoms with Crippen LogP contribution >= 0.6 is 0 Å². The molecule has 3 rings (SSSR count). The van der Waals surface area contributed by atoms with E-state index in [4.69, 9.17) is 4.74 Å². The van der Waals surface area contributed by atoms with Crippen molar-refractivity contribution in [3.05, 3.63) is 72.6 Å². The van der Waals surface area contributed by atoms with Gasteiger partial charge in [0.25, 0.3) is 5.91 Å². The van der Waals surface area contributed by atoms with Crippen molar-refractivity contribution in [3.8, 4) is 5.75 Å². The normalized spacial score (nSPS) is 11.9. The van der Waals surface area contributed by atoms with Gasteiger partial charge in [0.1, 0.15) is 5.75 Å². The van der Waals surface area contributed by atoms with Gasteiger partial charge >= 0.3 is 0 Å². The first kappa shape index (κ1) is 15.0. The summed E-state index contributed by atoms with van der Waals surface area (Å²) in [5, 5.41) is 4.96. The number of fused-ring (bicyclic) bond motifs is 1. The van der Waals surface area contributed by atoms with E-state index >= 15 is 0 Å². The zero-order valence-electron chi connectivity index (χ0n) is 12.9. The molecule has 0 fully saturated rings. The van der Waals surface area contributed by atoms with Crippen LogP contribution in [-0.2, 0) is 11.3 Å². The zero-order chi connectivity index (χ0) is 16.1. The third-order valence-corrected chi connectivity index (χ3v) is 3.61. The van der Waals surface area contributed by atoms with Crippen LogP contribution in [-0.4, -0.2) is 17.0 Å². The van der Waals surface area contributed by atoms with Crippen molar-refractivity contribution in [1.82, 2.24) is 10.3 Å². The molecule has 0 unspecified atom stereocenters. The molecule has 0 spiro atoms. The summed E-state index contributed by atoms with van der Waals surface area (Å²) in [6, 6.07) is 17.6. The molecule has 1 aromatic heterocycles. The maximum atomic E-state index is 12.2. The predicted molar refractivity (Wildman–Crippen MR) is 90.1 cm³/mol. The van der Waals surface area contributed by atoms with E-state index in [1.165, 1.54) is 0 Å². The lowest BCUT2D eigenvalue weighted by molar-refractivity contribution is -0.127. The Morgan fingerprint density at radius 2 is 1.96 bits per heavy atom. The van der Waals surface area contributed by atoms with E-state index in [1.807, 2.05) is 54.6 Å². The van der Waals surface area contributed by atoms with Crippen LogP contribution in [0.3, 0.4) is 0 Å². The highest BCUT2D eigenvalue weighted by atomic mass is 16.5. The Bertz CT molecular complexity index is 797. The summed E-state index contributed by atoms with van der Waals surface area (Å²) in [5.41, 5.74) is 0.957. The zero-order valence-corrected chi connectivity index (χ0v) is 12.9. The van der Waals surface area contributed by atoms with E-state index in [-0.39, 0.29) is 5.91 Å². The van der Waals surface area contributed by atoms with Crippen LogP contribution < -0.4 is 10.1 Å². The third-order valence-electron chi connectivity index (χ3n) is 3.61. The summed E-state index contributed by atoms with van der Waals surface area (Å²) in [6.45, 7) is 2.19. The van der Waals surface area contributed by atoms with Gasteiger partial charge in [0.05, 0.1) is 0 Å². The highest BCUT2D eigenvalue weighted by Gasteiger charge is 2.15. The van der Waals surface area contributed by atoms with Gasteiger partial charge in [-0.15, -0.1) is 0 Å².